The molecule has 1 aliphatic rings. The Balaban J connectivity index is 1.72. The number of fused-ring (bicyclic) bond motifs is 1. The number of hydrogen-bond acceptors (Lipinski definition) is 8. The molecule has 0 spiro atoms. The Morgan fingerprint density at radius 2 is 1.90 bits per heavy atom. The molecule has 0 bridgehead atoms. The lowest BCUT2D eigenvalue weighted by Gasteiger charge is -2.47. The van der Waals surface area contributed by atoms with Crippen LogP contribution in [0.5, 0.6) is 0 Å². The summed E-state index contributed by atoms with van der Waals surface area (Å²) in [6.07, 6.45) is -5.02. The van der Waals surface area contributed by atoms with E-state index in [2.05, 4.69) is 0 Å². The number of ether oxygens (including phenoxy) is 2. The average Bonchev–Trinajstić information content (AvgIpc) is 3.17. The molecule has 1 saturated heterocycles. The highest BCUT2D eigenvalue weighted by Gasteiger charge is 2.55. The van der Waals surface area contributed by atoms with Crippen LogP contribution >= 0.6 is 11.3 Å². The van der Waals surface area contributed by atoms with Crippen LogP contribution in [-0.4, -0.2) is 63.5 Å². The lowest BCUT2D eigenvalue weighted by molar-refractivity contribution is -0.366. The molecule has 5 atom stereocenters. The monoisotopic (exact) mass is 431 g/mol. The van der Waals surface area contributed by atoms with Gasteiger partial charge in [-0.25, -0.2) is 4.98 Å². The first-order valence-electron chi connectivity index (χ1n) is 9.72. The second-order valence-electron chi connectivity index (χ2n) is 7.53. The van der Waals surface area contributed by atoms with Gasteiger partial charge in [0.05, 0.1) is 21.8 Å². The number of aromatic nitrogens is 1. The van der Waals surface area contributed by atoms with E-state index in [1.807, 2.05) is 43.3 Å². The zero-order chi connectivity index (χ0) is 21.5. The van der Waals surface area contributed by atoms with Crippen molar-refractivity contribution in [3.8, 4) is 0 Å². The molecular formula is C22H25NO6S. The second kappa shape index (κ2) is 8.32. The molecule has 1 fully saturated rings. The first-order valence-corrected chi connectivity index (χ1v) is 10.5. The number of nitrogens with zero attached hydrogens (tertiary/aromatic N) is 1. The Labute approximate surface area is 178 Å². The van der Waals surface area contributed by atoms with E-state index in [0.717, 1.165) is 26.4 Å². The molecule has 0 amide bonds. The standard InChI is InChI=1S/C22H25NO6S/c1-12-7-8-14(22(28-2)21(27)20(26)19(25)16(11-24)29-22)9-13(12)10-18-23-15-5-3-4-6-17(15)30-18/h3-9,16,19-21,24-27H,10-11H2,1-2H3/t16-,19-,20+,21-,22+/m1/s1. The van der Waals surface area contributed by atoms with Crippen molar-refractivity contribution in [2.75, 3.05) is 13.7 Å². The third kappa shape index (κ3) is 3.54. The van der Waals surface area contributed by atoms with Crippen molar-refractivity contribution in [2.24, 2.45) is 0 Å². The summed E-state index contributed by atoms with van der Waals surface area (Å²) in [6.45, 7) is 1.46. The highest BCUT2D eigenvalue weighted by atomic mass is 32.1. The highest BCUT2D eigenvalue weighted by molar-refractivity contribution is 7.18. The van der Waals surface area contributed by atoms with E-state index in [1.54, 1.807) is 17.4 Å². The van der Waals surface area contributed by atoms with Gasteiger partial charge in [0, 0.05) is 19.1 Å². The Bertz CT molecular complexity index is 1000. The third-order valence-corrected chi connectivity index (χ3v) is 6.72. The van der Waals surface area contributed by atoms with Crippen LogP contribution in [0.1, 0.15) is 21.7 Å². The van der Waals surface area contributed by atoms with E-state index in [9.17, 15) is 20.4 Å². The fourth-order valence-corrected chi connectivity index (χ4v) is 4.89. The number of methoxy groups -OCH3 is 1. The zero-order valence-corrected chi connectivity index (χ0v) is 17.5. The molecule has 7 nitrogen and oxygen atoms in total. The Morgan fingerprint density at radius 3 is 2.60 bits per heavy atom. The smallest absolute Gasteiger partial charge is 0.224 e. The van der Waals surface area contributed by atoms with Crippen LogP contribution in [0.15, 0.2) is 42.5 Å². The topological polar surface area (TPSA) is 112 Å². The van der Waals surface area contributed by atoms with E-state index in [1.165, 1.54) is 7.11 Å². The summed E-state index contributed by atoms with van der Waals surface area (Å²) in [7, 11) is 1.36. The molecule has 4 rings (SSSR count). The van der Waals surface area contributed by atoms with Gasteiger partial charge in [0.2, 0.25) is 5.79 Å². The zero-order valence-electron chi connectivity index (χ0n) is 16.7. The predicted octanol–water partition coefficient (Wildman–Crippen LogP) is 1.47. The summed E-state index contributed by atoms with van der Waals surface area (Å²) in [5, 5.41) is 41.7. The lowest BCUT2D eigenvalue weighted by Crippen LogP contribution is -2.64. The van der Waals surface area contributed by atoms with Gasteiger partial charge in [0.1, 0.15) is 24.4 Å². The SMILES string of the molecule is CO[C@@]1(c2ccc(C)c(Cc3nc4ccccc4s3)c2)O[C@H](CO)[C@@H](O)[C@H](O)[C@H]1O. The molecular weight excluding hydrogens is 406 g/mol. The van der Waals surface area contributed by atoms with Crippen LogP contribution in [-0.2, 0) is 21.7 Å². The maximum atomic E-state index is 10.7. The minimum absolute atomic E-state index is 0.489. The lowest BCUT2D eigenvalue weighted by atomic mass is 9.86. The number of thiazole rings is 1. The molecule has 4 N–H and O–H groups in total. The number of benzene rings is 2. The fourth-order valence-electron chi connectivity index (χ4n) is 3.90. The van der Waals surface area contributed by atoms with E-state index in [-0.39, 0.29) is 0 Å². The molecule has 160 valence electrons. The number of aryl methyl sites for hydroxylation is 1. The Morgan fingerprint density at radius 1 is 1.13 bits per heavy atom. The largest absolute Gasteiger partial charge is 0.394 e. The van der Waals surface area contributed by atoms with Crippen molar-refractivity contribution in [3.63, 3.8) is 0 Å². The molecule has 3 aromatic rings. The number of rotatable bonds is 5. The molecule has 0 saturated carbocycles. The minimum atomic E-state index is -1.72. The highest BCUT2D eigenvalue weighted by Crippen LogP contribution is 2.40. The first-order chi connectivity index (χ1) is 14.4. The van der Waals surface area contributed by atoms with Gasteiger partial charge in [-0.1, -0.05) is 24.3 Å². The van der Waals surface area contributed by atoms with E-state index >= 15 is 0 Å². The molecule has 0 unspecified atom stereocenters. The van der Waals surface area contributed by atoms with Gasteiger partial charge in [0.15, 0.2) is 0 Å². The van der Waals surface area contributed by atoms with Crippen molar-refractivity contribution < 1.29 is 29.9 Å². The third-order valence-electron chi connectivity index (χ3n) is 5.68. The summed E-state index contributed by atoms with van der Waals surface area (Å²) in [5.74, 6) is -1.72. The average molecular weight is 432 g/mol. The minimum Gasteiger partial charge on any atom is -0.394 e. The summed E-state index contributed by atoms with van der Waals surface area (Å²) in [6, 6.07) is 13.5. The van der Waals surface area contributed by atoms with Gasteiger partial charge >= 0.3 is 0 Å². The van der Waals surface area contributed by atoms with Crippen LogP contribution in [0.3, 0.4) is 0 Å². The molecule has 1 aromatic heterocycles. The van der Waals surface area contributed by atoms with Gasteiger partial charge in [-0.3, -0.25) is 0 Å². The van der Waals surface area contributed by atoms with Crippen LogP contribution in [0.2, 0.25) is 0 Å². The van der Waals surface area contributed by atoms with Gasteiger partial charge < -0.3 is 29.9 Å². The Hall–Kier alpha value is -1.91. The number of aliphatic hydroxyl groups excluding tert-OH is 4. The molecule has 2 heterocycles. The number of aliphatic hydroxyl groups is 4. The maximum Gasteiger partial charge on any atom is 0.224 e. The summed E-state index contributed by atoms with van der Waals surface area (Å²) in [5.41, 5.74) is 3.45. The van der Waals surface area contributed by atoms with Gasteiger partial charge in [0.25, 0.3) is 0 Å². The van der Waals surface area contributed by atoms with Crippen LogP contribution in [0.25, 0.3) is 10.2 Å². The molecule has 0 radical (unpaired) electrons. The predicted molar refractivity (Wildman–Crippen MR) is 112 cm³/mol. The van der Waals surface area contributed by atoms with Gasteiger partial charge in [-0.15, -0.1) is 11.3 Å². The van der Waals surface area contributed by atoms with E-state index in [4.69, 9.17) is 14.5 Å². The van der Waals surface area contributed by atoms with Crippen molar-refractivity contribution in [1.29, 1.82) is 0 Å². The first kappa shape index (κ1) is 21.3. The van der Waals surface area contributed by atoms with Crippen molar-refractivity contribution in [2.45, 2.75) is 43.5 Å². The normalized spacial score (nSPS) is 29.4. The number of hydrogen-bond donors (Lipinski definition) is 4. The molecule has 2 aromatic carbocycles. The number of para-hydroxylation sites is 1. The van der Waals surface area contributed by atoms with Gasteiger partial charge in [-0.2, -0.15) is 0 Å². The van der Waals surface area contributed by atoms with Crippen LogP contribution < -0.4 is 0 Å². The van der Waals surface area contributed by atoms with Crippen molar-refractivity contribution >= 4 is 21.6 Å². The van der Waals surface area contributed by atoms with Crippen molar-refractivity contribution in [1.82, 2.24) is 4.98 Å². The molecule has 30 heavy (non-hydrogen) atoms. The van der Waals surface area contributed by atoms with Crippen LogP contribution in [0, 0.1) is 6.92 Å². The van der Waals surface area contributed by atoms with Crippen LogP contribution in [0.4, 0.5) is 0 Å². The summed E-state index contributed by atoms with van der Waals surface area (Å²) in [4.78, 5) is 4.69. The molecule has 0 aliphatic carbocycles. The second-order valence-corrected chi connectivity index (χ2v) is 8.65. The van der Waals surface area contributed by atoms with Gasteiger partial charge in [-0.05, 0) is 36.2 Å². The summed E-state index contributed by atoms with van der Waals surface area (Å²) >= 11 is 1.62. The molecule has 1 aliphatic heterocycles. The molecule has 8 heteroatoms. The van der Waals surface area contributed by atoms with Crippen molar-refractivity contribution in [3.05, 3.63) is 64.2 Å². The van der Waals surface area contributed by atoms with E-state index < -0.39 is 36.8 Å². The van der Waals surface area contributed by atoms with E-state index in [0.29, 0.717) is 12.0 Å². The summed E-state index contributed by atoms with van der Waals surface area (Å²) < 4.78 is 12.5. The Kier molecular flexibility index (Phi) is 5.91. The fraction of sp³-hybridized carbons (Fsp3) is 0.409. The maximum absolute atomic E-state index is 10.7. The quantitative estimate of drug-likeness (QED) is 0.484.